The van der Waals surface area contributed by atoms with E-state index in [0.717, 1.165) is 24.4 Å². The Morgan fingerprint density at radius 3 is 2.33 bits per heavy atom. The second-order valence-corrected chi connectivity index (χ2v) is 8.76. The summed E-state index contributed by atoms with van der Waals surface area (Å²) >= 11 is 5.99. The largest absolute Gasteiger partial charge is 0.307 e. The third-order valence-electron chi connectivity index (χ3n) is 4.26. The van der Waals surface area contributed by atoms with Gasteiger partial charge in [-0.15, -0.1) is 0 Å². The van der Waals surface area contributed by atoms with E-state index >= 15 is 0 Å². The van der Waals surface area contributed by atoms with Gasteiger partial charge in [0.2, 0.25) is 0 Å². The number of nitrogens with one attached hydrogen (secondary N) is 1. The molecule has 0 unspecified atom stereocenters. The molecule has 5 heteroatoms. The first kappa shape index (κ1) is 16.8. The molecule has 2 rings (SSSR count). The van der Waals surface area contributed by atoms with E-state index in [0.29, 0.717) is 6.42 Å². The van der Waals surface area contributed by atoms with Crippen LogP contribution in [0.4, 0.5) is 0 Å². The van der Waals surface area contributed by atoms with Crippen LogP contribution in [-0.2, 0) is 15.4 Å². The van der Waals surface area contributed by atoms with Crippen molar-refractivity contribution in [3.63, 3.8) is 0 Å². The maximum atomic E-state index is 11.2. The molecular weight excluding hydrogens is 306 g/mol. The first-order valence-electron chi connectivity index (χ1n) is 7.60. The van der Waals surface area contributed by atoms with E-state index in [1.807, 2.05) is 12.1 Å². The number of benzene rings is 1. The van der Waals surface area contributed by atoms with Crippen molar-refractivity contribution in [1.82, 2.24) is 5.32 Å². The van der Waals surface area contributed by atoms with Gasteiger partial charge in [-0.25, -0.2) is 8.42 Å². The molecule has 21 heavy (non-hydrogen) atoms. The zero-order valence-electron chi connectivity index (χ0n) is 12.6. The summed E-state index contributed by atoms with van der Waals surface area (Å²) in [6, 6.07) is 8.06. The van der Waals surface area contributed by atoms with Gasteiger partial charge in [-0.2, -0.15) is 0 Å². The van der Waals surface area contributed by atoms with Crippen molar-refractivity contribution in [2.75, 3.05) is 18.6 Å². The molecule has 1 aromatic rings. The van der Waals surface area contributed by atoms with Crippen LogP contribution in [0.3, 0.4) is 0 Å². The number of hydrogen-bond donors (Lipinski definition) is 1. The van der Waals surface area contributed by atoms with Crippen molar-refractivity contribution >= 4 is 21.4 Å². The van der Waals surface area contributed by atoms with E-state index in [4.69, 9.17) is 11.6 Å². The van der Waals surface area contributed by atoms with Crippen molar-refractivity contribution in [3.8, 4) is 0 Å². The zero-order valence-corrected chi connectivity index (χ0v) is 14.1. The van der Waals surface area contributed by atoms with Gasteiger partial charge >= 0.3 is 0 Å². The monoisotopic (exact) mass is 329 g/mol. The lowest BCUT2D eigenvalue weighted by Gasteiger charge is -2.39. The minimum absolute atomic E-state index is 0.0135. The fourth-order valence-corrected chi connectivity index (χ4v) is 3.95. The molecule has 1 aliphatic rings. The molecule has 3 nitrogen and oxygen atoms in total. The Bertz CT molecular complexity index is 548. The lowest BCUT2D eigenvalue weighted by atomic mass is 9.76. The van der Waals surface area contributed by atoms with Crippen LogP contribution in [0.5, 0.6) is 0 Å². The standard InChI is InChI=1S/C16H24ClNO2S/c1-21(19,20)13-5-12-18-16(10-3-2-4-11-16)14-6-8-15(17)9-7-14/h6-9,18H,2-5,10-13H2,1H3. The van der Waals surface area contributed by atoms with E-state index in [1.165, 1.54) is 31.1 Å². The lowest BCUT2D eigenvalue weighted by Crippen LogP contribution is -2.44. The van der Waals surface area contributed by atoms with Crippen LogP contribution in [0.2, 0.25) is 5.02 Å². The Labute approximate surface area is 133 Å². The van der Waals surface area contributed by atoms with Crippen molar-refractivity contribution in [3.05, 3.63) is 34.9 Å². The molecule has 0 saturated heterocycles. The van der Waals surface area contributed by atoms with E-state index in [-0.39, 0.29) is 11.3 Å². The Hall–Kier alpha value is -0.580. The molecule has 1 aromatic carbocycles. The molecule has 0 atom stereocenters. The number of sulfone groups is 1. The molecule has 0 aliphatic heterocycles. The molecule has 0 spiro atoms. The normalized spacial score (nSPS) is 18.6. The van der Waals surface area contributed by atoms with Crippen LogP contribution in [0, 0.1) is 0 Å². The fourth-order valence-electron chi connectivity index (χ4n) is 3.15. The zero-order chi connectivity index (χ0) is 15.3. The van der Waals surface area contributed by atoms with Crippen molar-refractivity contribution < 1.29 is 8.42 Å². The Kier molecular flexibility index (Phi) is 5.69. The predicted octanol–water partition coefficient (Wildman–Crippen LogP) is 3.52. The molecule has 0 bridgehead atoms. The maximum Gasteiger partial charge on any atom is 0.147 e. The van der Waals surface area contributed by atoms with Crippen LogP contribution >= 0.6 is 11.6 Å². The molecular formula is C16H24ClNO2S. The van der Waals surface area contributed by atoms with Crippen molar-refractivity contribution in [2.24, 2.45) is 0 Å². The molecule has 118 valence electrons. The number of rotatable bonds is 6. The van der Waals surface area contributed by atoms with Crippen LogP contribution in [0.15, 0.2) is 24.3 Å². The quantitative estimate of drug-likeness (QED) is 0.812. The molecule has 0 heterocycles. The van der Waals surface area contributed by atoms with E-state index in [2.05, 4.69) is 17.4 Å². The lowest BCUT2D eigenvalue weighted by molar-refractivity contribution is 0.234. The SMILES string of the molecule is CS(=O)(=O)CCCNC1(c2ccc(Cl)cc2)CCCCC1. The number of hydrogen-bond acceptors (Lipinski definition) is 3. The summed E-state index contributed by atoms with van der Waals surface area (Å²) in [7, 11) is -2.87. The van der Waals surface area contributed by atoms with Crippen LogP contribution < -0.4 is 5.32 Å². The average Bonchev–Trinajstić information content (AvgIpc) is 2.44. The summed E-state index contributed by atoms with van der Waals surface area (Å²) in [5, 5.41) is 4.39. The van der Waals surface area contributed by atoms with Gasteiger partial charge in [-0.3, -0.25) is 0 Å². The van der Waals surface area contributed by atoms with Crippen LogP contribution in [0.25, 0.3) is 0 Å². The Morgan fingerprint density at radius 2 is 1.76 bits per heavy atom. The van der Waals surface area contributed by atoms with Gasteiger partial charge in [0.05, 0.1) is 5.75 Å². The first-order chi connectivity index (χ1) is 9.91. The molecule has 1 saturated carbocycles. The molecule has 1 N–H and O–H groups in total. The summed E-state index contributed by atoms with van der Waals surface area (Å²) in [5.41, 5.74) is 1.26. The van der Waals surface area contributed by atoms with Gasteiger partial charge in [0, 0.05) is 16.8 Å². The summed E-state index contributed by atoms with van der Waals surface area (Å²) in [6.45, 7) is 0.732. The molecule has 1 fully saturated rings. The second-order valence-electron chi connectivity index (χ2n) is 6.06. The predicted molar refractivity (Wildman–Crippen MR) is 88.5 cm³/mol. The molecule has 0 aromatic heterocycles. The third-order valence-corrected chi connectivity index (χ3v) is 5.54. The highest BCUT2D eigenvalue weighted by Crippen LogP contribution is 2.37. The Morgan fingerprint density at radius 1 is 1.14 bits per heavy atom. The minimum Gasteiger partial charge on any atom is -0.307 e. The van der Waals surface area contributed by atoms with Gasteiger partial charge < -0.3 is 5.32 Å². The summed E-state index contributed by atoms with van der Waals surface area (Å²) in [6.07, 6.45) is 7.86. The smallest absolute Gasteiger partial charge is 0.147 e. The van der Waals surface area contributed by atoms with E-state index in [1.54, 1.807) is 0 Å². The highest BCUT2D eigenvalue weighted by molar-refractivity contribution is 7.90. The van der Waals surface area contributed by atoms with Crippen LogP contribution in [-0.4, -0.2) is 27.0 Å². The number of halogens is 1. The maximum absolute atomic E-state index is 11.2. The molecule has 1 aliphatic carbocycles. The van der Waals surface area contributed by atoms with Crippen molar-refractivity contribution in [1.29, 1.82) is 0 Å². The van der Waals surface area contributed by atoms with Gasteiger partial charge in [0.25, 0.3) is 0 Å². The summed E-state index contributed by atoms with van der Waals surface area (Å²) in [4.78, 5) is 0. The highest BCUT2D eigenvalue weighted by Gasteiger charge is 2.32. The van der Waals surface area contributed by atoms with Crippen molar-refractivity contribution in [2.45, 2.75) is 44.1 Å². The van der Waals surface area contributed by atoms with Crippen LogP contribution in [0.1, 0.15) is 44.1 Å². The molecule has 0 radical (unpaired) electrons. The Balaban J connectivity index is 2.05. The van der Waals surface area contributed by atoms with E-state index in [9.17, 15) is 8.42 Å². The van der Waals surface area contributed by atoms with Gasteiger partial charge in [-0.1, -0.05) is 43.0 Å². The third kappa shape index (κ3) is 4.97. The minimum atomic E-state index is -2.87. The average molecular weight is 330 g/mol. The van der Waals surface area contributed by atoms with Gasteiger partial charge in [-0.05, 0) is 43.5 Å². The topological polar surface area (TPSA) is 46.2 Å². The van der Waals surface area contributed by atoms with Gasteiger partial charge in [0.1, 0.15) is 9.84 Å². The summed E-state index contributed by atoms with van der Waals surface area (Å²) < 4.78 is 22.5. The van der Waals surface area contributed by atoms with Gasteiger partial charge in [0.15, 0.2) is 0 Å². The fraction of sp³-hybridized carbons (Fsp3) is 0.625. The second kappa shape index (κ2) is 7.12. The first-order valence-corrected chi connectivity index (χ1v) is 10.0. The highest BCUT2D eigenvalue weighted by atomic mass is 35.5. The van der Waals surface area contributed by atoms with E-state index < -0.39 is 9.84 Å². The summed E-state index contributed by atoms with van der Waals surface area (Å²) in [5.74, 6) is 0.247. The molecule has 0 amide bonds.